The number of aryl methyl sites for hydroxylation is 1. The van der Waals surface area contributed by atoms with Gasteiger partial charge in [-0.25, -0.2) is 0 Å². The zero-order valence-electron chi connectivity index (χ0n) is 21.0. The lowest BCUT2D eigenvalue weighted by Gasteiger charge is -2.40. The van der Waals surface area contributed by atoms with E-state index in [1.54, 1.807) is 24.3 Å². The van der Waals surface area contributed by atoms with Crippen LogP contribution in [0.5, 0.6) is 0 Å². The van der Waals surface area contributed by atoms with Gasteiger partial charge in [0.25, 0.3) is 11.8 Å². The van der Waals surface area contributed by atoms with Gasteiger partial charge in [0, 0.05) is 31.7 Å². The normalized spacial score (nSPS) is 13.9. The smallest absolute Gasteiger partial charge is 0.256 e. The van der Waals surface area contributed by atoms with Crippen LogP contribution in [0.25, 0.3) is 0 Å². The summed E-state index contributed by atoms with van der Waals surface area (Å²) >= 11 is 0. The number of amides is 2. The molecule has 1 aliphatic heterocycles. The van der Waals surface area contributed by atoms with Crippen LogP contribution in [-0.2, 0) is 0 Å². The van der Waals surface area contributed by atoms with Crippen LogP contribution in [0.2, 0.25) is 0 Å². The zero-order valence-corrected chi connectivity index (χ0v) is 21.0. The lowest BCUT2D eigenvalue weighted by molar-refractivity contribution is 0.0598. The molecule has 0 saturated carbocycles. The lowest BCUT2D eigenvalue weighted by Crippen LogP contribution is -2.50. The Morgan fingerprint density at radius 3 is 1.81 bits per heavy atom. The van der Waals surface area contributed by atoms with Crippen LogP contribution in [0.3, 0.4) is 0 Å². The fourth-order valence-electron chi connectivity index (χ4n) is 4.92. The Balaban J connectivity index is 1.30. The van der Waals surface area contributed by atoms with Crippen molar-refractivity contribution in [1.82, 2.24) is 9.80 Å². The van der Waals surface area contributed by atoms with Gasteiger partial charge in [-0.1, -0.05) is 90.5 Å². The first-order valence-corrected chi connectivity index (χ1v) is 12.7. The van der Waals surface area contributed by atoms with Gasteiger partial charge >= 0.3 is 0 Å². The van der Waals surface area contributed by atoms with E-state index in [9.17, 15) is 9.59 Å². The van der Waals surface area contributed by atoms with E-state index in [4.69, 9.17) is 0 Å². The SMILES string of the molecule is Cc1ccc(C(=O)Nc2ccccc2C(=O)N2CCN(C(c3ccccc3)c3ccccc3)CC2)cc1. The van der Waals surface area contributed by atoms with Gasteiger partial charge in [0.15, 0.2) is 0 Å². The maximum atomic E-state index is 13.6. The fraction of sp³-hybridized carbons (Fsp3) is 0.188. The van der Waals surface area contributed by atoms with Crippen LogP contribution in [0.15, 0.2) is 109 Å². The van der Waals surface area contributed by atoms with E-state index in [-0.39, 0.29) is 17.9 Å². The van der Waals surface area contributed by atoms with Crippen LogP contribution >= 0.6 is 0 Å². The Labute approximate surface area is 218 Å². The number of benzene rings is 4. The molecule has 2 amide bonds. The monoisotopic (exact) mass is 489 g/mol. The van der Waals surface area contributed by atoms with E-state index in [0.29, 0.717) is 29.9 Å². The van der Waals surface area contributed by atoms with Gasteiger partial charge in [0.05, 0.1) is 17.3 Å². The molecule has 186 valence electrons. The van der Waals surface area contributed by atoms with Crippen LogP contribution in [0.4, 0.5) is 5.69 Å². The van der Waals surface area contributed by atoms with E-state index in [1.807, 2.05) is 48.2 Å². The Morgan fingerprint density at radius 1 is 0.676 bits per heavy atom. The Morgan fingerprint density at radius 2 is 1.22 bits per heavy atom. The predicted molar refractivity (Wildman–Crippen MR) is 148 cm³/mol. The Hall–Kier alpha value is -4.22. The van der Waals surface area contributed by atoms with Gasteiger partial charge in [0.2, 0.25) is 0 Å². The van der Waals surface area contributed by atoms with Crippen molar-refractivity contribution in [2.24, 2.45) is 0 Å². The molecule has 1 fully saturated rings. The molecule has 5 rings (SSSR count). The Bertz CT molecular complexity index is 1310. The molecule has 1 saturated heterocycles. The first-order chi connectivity index (χ1) is 18.1. The minimum atomic E-state index is -0.223. The number of nitrogens with one attached hydrogen (secondary N) is 1. The first kappa shape index (κ1) is 24.5. The van der Waals surface area contributed by atoms with Gasteiger partial charge < -0.3 is 10.2 Å². The average Bonchev–Trinajstić information content (AvgIpc) is 2.95. The van der Waals surface area contributed by atoms with Crippen LogP contribution in [0.1, 0.15) is 43.4 Å². The van der Waals surface area contributed by atoms with Crippen LogP contribution < -0.4 is 5.32 Å². The molecule has 4 aromatic rings. The topological polar surface area (TPSA) is 52.7 Å². The summed E-state index contributed by atoms with van der Waals surface area (Å²) in [6.45, 7) is 4.75. The van der Waals surface area contributed by atoms with E-state index < -0.39 is 0 Å². The molecule has 0 bridgehead atoms. The molecular weight excluding hydrogens is 458 g/mol. The summed E-state index contributed by atoms with van der Waals surface area (Å²) in [5, 5.41) is 2.94. The summed E-state index contributed by atoms with van der Waals surface area (Å²) < 4.78 is 0. The molecule has 5 heteroatoms. The zero-order chi connectivity index (χ0) is 25.6. The summed E-state index contributed by atoms with van der Waals surface area (Å²) in [6, 6.07) is 35.9. The van der Waals surface area contributed by atoms with Crippen molar-refractivity contribution < 1.29 is 9.59 Å². The van der Waals surface area contributed by atoms with Crippen LogP contribution in [0, 0.1) is 6.92 Å². The number of hydrogen-bond donors (Lipinski definition) is 1. The van der Waals surface area contributed by atoms with Crippen molar-refractivity contribution in [1.29, 1.82) is 0 Å². The molecule has 1 heterocycles. The van der Waals surface area contributed by atoms with Gasteiger partial charge in [0.1, 0.15) is 0 Å². The summed E-state index contributed by atoms with van der Waals surface area (Å²) in [5.41, 5.74) is 5.20. The Kier molecular flexibility index (Phi) is 7.43. The molecule has 37 heavy (non-hydrogen) atoms. The largest absolute Gasteiger partial charge is 0.336 e. The number of carbonyl (C=O) groups is 2. The van der Waals surface area contributed by atoms with Gasteiger partial charge in [-0.3, -0.25) is 14.5 Å². The molecule has 0 unspecified atom stereocenters. The summed E-state index contributed by atoms with van der Waals surface area (Å²) in [6.07, 6.45) is 0. The molecule has 1 N–H and O–H groups in total. The number of carbonyl (C=O) groups excluding carboxylic acids is 2. The highest BCUT2D eigenvalue weighted by molar-refractivity contribution is 6.09. The molecule has 4 aromatic carbocycles. The number of piperazine rings is 1. The number of para-hydroxylation sites is 1. The van der Waals surface area contributed by atoms with Crippen molar-refractivity contribution in [3.05, 3.63) is 137 Å². The molecule has 0 radical (unpaired) electrons. The predicted octanol–water partition coefficient (Wildman–Crippen LogP) is 5.79. The summed E-state index contributed by atoms with van der Waals surface area (Å²) in [5.74, 6) is -0.283. The molecule has 5 nitrogen and oxygen atoms in total. The highest BCUT2D eigenvalue weighted by Gasteiger charge is 2.29. The van der Waals surface area contributed by atoms with Gasteiger partial charge in [-0.2, -0.15) is 0 Å². The minimum absolute atomic E-state index is 0.0598. The van der Waals surface area contributed by atoms with Gasteiger partial charge in [-0.15, -0.1) is 0 Å². The maximum Gasteiger partial charge on any atom is 0.256 e. The number of nitrogens with zero attached hydrogens (tertiary/aromatic N) is 2. The highest BCUT2D eigenvalue weighted by Crippen LogP contribution is 2.30. The molecule has 0 atom stereocenters. The van der Waals surface area contributed by atoms with E-state index >= 15 is 0 Å². The number of hydrogen-bond acceptors (Lipinski definition) is 3. The molecule has 0 aliphatic carbocycles. The van der Waals surface area contributed by atoms with Crippen molar-refractivity contribution in [3.63, 3.8) is 0 Å². The molecule has 1 aliphatic rings. The molecule has 0 spiro atoms. The van der Waals surface area contributed by atoms with E-state index in [2.05, 4.69) is 58.7 Å². The standard InChI is InChI=1S/C32H31N3O2/c1-24-16-18-27(19-17-24)31(36)33-29-15-9-8-14-28(29)32(37)35-22-20-34(21-23-35)30(25-10-4-2-5-11-25)26-12-6-3-7-13-26/h2-19,30H,20-23H2,1H3,(H,33,36). The number of rotatable bonds is 6. The molecule has 0 aromatic heterocycles. The van der Waals surface area contributed by atoms with Crippen molar-refractivity contribution in [2.45, 2.75) is 13.0 Å². The second kappa shape index (κ2) is 11.2. The first-order valence-electron chi connectivity index (χ1n) is 12.7. The third kappa shape index (κ3) is 5.63. The quantitative estimate of drug-likeness (QED) is 0.373. The average molecular weight is 490 g/mol. The third-order valence-electron chi connectivity index (χ3n) is 6.92. The van der Waals surface area contributed by atoms with Gasteiger partial charge in [-0.05, 0) is 42.3 Å². The maximum absolute atomic E-state index is 13.6. The third-order valence-corrected chi connectivity index (χ3v) is 6.92. The van der Waals surface area contributed by atoms with Crippen molar-refractivity contribution in [3.8, 4) is 0 Å². The summed E-state index contributed by atoms with van der Waals surface area (Å²) in [7, 11) is 0. The summed E-state index contributed by atoms with van der Waals surface area (Å²) in [4.78, 5) is 30.7. The second-order valence-electron chi connectivity index (χ2n) is 9.42. The number of anilines is 1. The minimum Gasteiger partial charge on any atom is -0.336 e. The highest BCUT2D eigenvalue weighted by atomic mass is 16.2. The molecular formula is C32H31N3O2. The van der Waals surface area contributed by atoms with E-state index in [1.165, 1.54) is 11.1 Å². The van der Waals surface area contributed by atoms with Crippen LogP contribution in [-0.4, -0.2) is 47.8 Å². The van der Waals surface area contributed by atoms with E-state index in [0.717, 1.165) is 18.7 Å². The lowest BCUT2D eigenvalue weighted by atomic mass is 9.96. The van der Waals surface area contributed by atoms with Crippen molar-refractivity contribution in [2.75, 3.05) is 31.5 Å². The second-order valence-corrected chi connectivity index (χ2v) is 9.42. The van der Waals surface area contributed by atoms with Crippen molar-refractivity contribution >= 4 is 17.5 Å². The fourth-order valence-corrected chi connectivity index (χ4v) is 4.92.